The summed E-state index contributed by atoms with van der Waals surface area (Å²) in [6, 6.07) is 3.58. The first kappa shape index (κ1) is 14.0. The number of carbonyl (C=O) groups is 2. The number of nitrogens with one attached hydrogen (secondary N) is 1. The zero-order chi connectivity index (χ0) is 14.9. The summed E-state index contributed by atoms with van der Waals surface area (Å²) >= 11 is 3.27. The van der Waals surface area contributed by atoms with Crippen LogP contribution in [0.4, 0.5) is 5.69 Å². The van der Waals surface area contributed by atoms with Gasteiger partial charge in [0.2, 0.25) is 0 Å². The Labute approximate surface area is 129 Å². The second-order valence-electron chi connectivity index (χ2n) is 4.56. The molecule has 1 saturated heterocycles. The van der Waals surface area contributed by atoms with Gasteiger partial charge in [0, 0.05) is 25.2 Å². The number of aromatic nitrogens is 1. The van der Waals surface area contributed by atoms with Gasteiger partial charge in [0.25, 0.3) is 0 Å². The minimum absolute atomic E-state index is 0.183. The van der Waals surface area contributed by atoms with E-state index >= 15 is 0 Å². The fourth-order valence-corrected chi connectivity index (χ4v) is 2.51. The van der Waals surface area contributed by atoms with Gasteiger partial charge in [0.15, 0.2) is 0 Å². The van der Waals surface area contributed by atoms with Crippen molar-refractivity contribution < 1.29 is 19.1 Å². The minimum Gasteiger partial charge on any atom is -0.399 e. The molecule has 1 fully saturated rings. The smallest absolute Gasteiger partial charge is 0.356 e. The van der Waals surface area contributed by atoms with Gasteiger partial charge in [0.05, 0.1) is 18.4 Å². The third-order valence-corrected chi connectivity index (χ3v) is 3.64. The van der Waals surface area contributed by atoms with E-state index in [0.29, 0.717) is 23.4 Å². The standard InChI is InChI=1S/C13H12BrN3O4/c14-10-2-1-9(7-16-10)17-6-5-15-8-13(17)20-11(18)3-4-12(19)21-13/h1-4,7,15H,5-6,8H2. The topological polar surface area (TPSA) is 80.8 Å². The van der Waals surface area contributed by atoms with E-state index in [1.807, 2.05) is 6.07 Å². The maximum Gasteiger partial charge on any atom is 0.356 e. The van der Waals surface area contributed by atoms with Crippen molar-refractivity contribution in [1.82, 2.24) is 10.3 Å². The predicted octanol–water partition coefficient (Wildman–Crippen LogP) is 0.564. The third-order valence-electron chi connectivity index (χ3n) is 3.17. The average Bonchev–Trinajstić information content (AvgIpc) is 2.60. The molecule has 1 aromatic heterocycles. The maximum atomic E-state index is 11.7. The van der Waals surface area contributed by atoms with Crippen molar-refractivity contribution in [3.8, 4) is 0 Å². The van der Waals surface area contributed by atoms with E-state index in [2.05, 4.69) is 26.2 Å². The number of carbonyl (C=O) groups excluding carboxylic acids is 2. The molecule has 2 aliphatic heterocycles. The summed E-state index contributed by atoms with van der Waals surface area (Å²) in [6.07, 6.45) is 3.74. The maximum absolute atomic E-state index is 11.7. The summed E-state index contributed by atoms with van der Waals surface area (Å²) in [6.45, 7) is 1.35. The van der Waals surface area contributed by atoms with Crippen LogP contribution < -0.4 is 10.2 Å². The molecule has 0 unspecified atom stereocenters. The SMILES string of the molecule is O=C1C=CC(=O)OC2(CNCCN2c2ccc(Br)nc2)O1. The quantitative estimate of drug-likeness (QED) is 0.583. The van der Waals surface area contributed by atoms with Gasteiger partial charge in [-0.1, -0.05) is 0 Å². The molecule has 8 heteroatoms. The second-order valence-corrected chi connectivity index (χ2v) is 5.37. The number of nitrogens with zero attached hydrogens (tertiary/aromatic N) is 2. The molecule has 3 rings (SSSR count). The van der Waals surface area contributed by atoms with Gasteiger partial charge < -0.3 is 14.8 Å². The highest BCUT2D eigenvalue weighted by Crippen LogP contribution is 2.30. The highest BCUT2D eigenvalue weighted by molar-refractivity contribution is 9.10. The molecule has 0 aromatic carbocycles. The Morgan fingerprint density at radius 1 is 1.24 bits per heavy atom. The van der Waals surface area contributed by atoms with Crippen LogP contribution in [0.3, 0.4) is 0 Å². The van der Waals surface area contributed by atoms with Gasteiger partial charge in [-0.15, -0.1) is 0 Å². The molecular weight excluding hydrogens is 342 g/mol. The van der Waals surface area contributed by atoms with Crippen LogP contribution in [0.2, 0.25) is 0 Å². The number of hydrogen-bond acceptors (Lipinski definition) is 7. The van der Waals surface area contributed by atoms with Crippen molar-refractivity contribution >= 4 is 33.6 Å². The van der Waals surface area contributed by atoms with Crippen LogP contribution in [0.1, 0.15) is 0 Å². The van der Waals surface area contributed by atoms with E-state index in [4.69, 9.17) is 9.47 Å². The Balaban J connectivity index is 1.98. The van der Waals surface area contributed by atoms with Gasteiger partial charge in [-0.2, -0.15) is 0 Å². The third kappa shape index (κ3) is 2.77. The molecule has 0 aliphatic carbocycles. The predicted molar refractivity (Wildman–Crippen MR) is 76.2 cm³/mol. The molecule has 3 heterocycles. The van der Waals surface area contributed by atoms with Gasteiger partial charge in [-0.25, -0.2) is 14.6 Å². The van der Waals surface area contributed by atoms with E-state index in [1.165, 1.54) is 0 Å². The lowest BCUT2D eigenvalue weighted by Crippen LogP contribution is -2.65. The number of ether oxygens (including phenoxy) is 2. The summed E-state index contributed by atoms with van der Waals surface area (Å²) in [5.74, 6) is -2.75. The minimum atomic E-state index is -1.49. The Hall–Kier alpha value is -1.93. The zero-order valence-electron chi connectivity index (χ0n) is 10.9. The number of esters is 2. The first-order valence-corrected chi connectivity index (χ1v) is 7.12. The highest BCUT2D eigenvalue weighted by Gasteiger charge is 2.47. The van der Waals surface area contributed by atoms with Crippen molar-refractivity contribution in [3.05, 3.63) is 35.1 Å². The summed E-state index contributed by atoms with van der Waals surface area (Å²) < 4.78 is 11.4. The molecule has 0 radical (unpaired) electrons. The Morgan fingerprint density at radius 3 is 2.57 bits per heavy atom. The van der Waals surface area contributed by atoms with E-state index in [1.54, 1.807) is 17.2 Å². The van der Waals surface area contributed by atoms with Crippen molar-refractivity contribution in [2.45, 2.75) is 5.91 Å². The number of halogens is 1. The number of piperazine rings is 1. The first-order valence-electron chi connectivity index (χ1n) is 6.33. The number of pyridine rings is 1. The largest absolute Gasteiger partial charge is 0.399 e. The molecule has 0 bridgehead atoms. The lowest BCUT2D eigenvalue weighted by atomic mass is 10.2. The van der Waals surface area contributed by atoms with Crippen molar-refractivity contribution in [3.63, 3.8) is 0 Å². The van der Waals surface area contributed by atoms with Crippen LogP contribution in [0, 0.1) is 0 Å². The van der Waals surface area contributed by atoms with Crippen LogP contribution >= 0.6 is 15.9 Å². The summed E-state index contributed by atoms with van der Waals surface area (Å²) in [7, 11) is 0. The number of hydrogen-bond donors (Lipinski definition) is 1. The van der Waals surface area contributed by atoms with E-state index < -0.39 is 17.8 Å². The molecule has 1 aromatic rings. The molecule has 0 atom stereocenters. The highest BCUT2D eigenvalue weighted by atomic mass is 79.9. The Bertz CT molecular complexity index is 582. The normalized spacial score (nSPS) is 20.9. The number of anilines is 1. The van der Waals surface area contributed by atoms with Gasteiger partial charge in [0.1, 0.15) is 4.60 Å². The van der Waals surface area contributed by atoms with Crippen LogP contribution in [-0.4, -0.2) is 42.5 Å². The van der Waals surface area contributed by atoms with Crippen LogP contribution in [-0.2, 0) is 19.1 Å². The molecule has 0 amide bonds. The van der Waals surface area contributed by atoms with Gasteiger partial charge in [-0.05, 0) is 28.1 Å². The van der Waals surface area contributed by atoms with E-state index in [9.17, 15) is 9.59 Å². The van der Waals surface area contributed by atoms with Gasteiger partial charge >= 0.3 is 17.8 Å². The molecule has 7 nitrogen and oxygen atoms in total. The van der Waals surface area contributed by atoms with Crippen molar-refractivity contribution in [2.24, 2.45) is 0 Å². The van der Waals surface area contributed by atoms with Gasteiger partial charge in [-0.3, -0.25) is 4.90 Å². The fourth-order valence-electron chi connectivity index (χ4n) is 2.28. The lowest BCUT2D eigenvalue weighted by Gasteiger charge is -2.44. The molecular formula is C13H12BrN3O4. The zero-order valence-corrected chi connectivity index (χ0v) is 12.5. The second kappa shape index (κ2) is 5.45. The van der Waals surface area contributed by atoms with E-state index in [0.717, 1.165) is 12.2 Å². The molecule has 0 saturated carbocycles. The van der Waals surface area contributed by atoms with E-state index in [-0.39, 0.29) is 6.54 Å². The fraction of sp³-hybridized carbons (Fsp3) is 0.308. The Morgan fingerprint density at radius 2 is 1.95 bits per heavy atom. The van der Waals surface area contributed by atoms with Crippen molar-refractivity contribution in [2.75, 3.05) is 24.5 Å². The summed E-state index contributed by atoms with van der Waals surface area (Å²) in [5, 5.41) is 3.07. The first-order chi connectivity index (χ1) is 10.1. The van der Waals surface area contributed by atoms with Crippen molar-refractivity contribution in [1.29, 1.82) is 0 Å². The number of rotatable bonds is 1. The Kier molecular flexibility index (Phi) is 3.64. The molecule has 1 spiro atoms. The van der Waals surface area contributed by atoms with Crippen LogP contribution in [0.25, 0.3) is 0 Å². The van der Waals surface area contributed by atoms with Crippen LogP contribution in [0.15, 0.2) is 35.1 Å². The summed E-state index contributed by atoms with van der Waals surface area (Å²) in [4.78, 5) is 29.3. The molecule has 110 valence electrons. The summed E-state index contributed by atoms with van der Waals surface area (Å²) in [5.41, 5.74) is 0.696. The lowest BCUT2D eigenvalue weighted by molar-refractivity contribution is -0.221. The molecule has 21 heavy (non-hydrogen) atoms. The average molecular weight is 354 g/mol. The molecule has 1 N–H and O–H groups in total. The van der Waals surface area contributed by atoms with Crippen LogP contribution in [0.5, 0.6) is 0 Å². The monoisotopic (exact) mass is 353 g/mol. The molecule has 2 aliphatic rings.